The van der Waals surface area contributed by atoms with Crippen molar-refractivity contribution in [1.82, 2.24) is 9.35 Å². The van der Waals surface area contributed by atoms with E-state index in [-0.39, 0.29) is 46.7 Å². The first-order chi connectivity index (χ1) is 16.8. The first-order valence-electron chi connectivity index (χ1n) is 11.0. The van der Waals surface area contributed by atoms with Crippen molar-refractivity contribution < 1.29 is 38.2 Å². The number of hydrogen-bond acceptors (Lipinski definition) is 8. The van der Waals surface area contributed by atoms with Crippen LogP contribution in [0.25, 0.3) is 0 Å². The first-order valence-corrected chi connectivity index (χ1v) is 11.0. The van der Waals surface area contributed by atoms with Gasteiger partial charge in [0, 0.05) is 24.2 Å². The number of ether oxygens (including phenoxy) is 2. The molecule has 0 spiro atoms. The van der Waals surface area contributed by atoms with E-state index in [1.165, 1.54) is 37.4 Å². The summed E-state index contributed by atoms with van der Waals surface area (Å²) in [4.78, 5) is 73.7. The molecule has 0 aliphatic carbocycles. The number of nitrogens with zero attached hydrogens (tertiary/aromatic N) is 2. The smallest absolute Gasteiger partial charge is 0.340 e. The van der Waals surface area contributed by atoms with Crippen molar-refractivity contribution in [1.29, 1.82) is 0 Å². The maximum atomic E-state index is 12.6. The molecule has 0 radical (unpaired) electrons. The average molecular weight is 503 g/mol. The van der Waals surface area contributed by atoms with E-state index in [1.807, 2.05) is 0 Å². The fourth-order valence-corrected chi connectivity index (χ4v) is 4.16. The number of carbonyl (C=O) groups excluding carboxylic acids is 6. The molecule has 2 rings (SSSR count). The summed E-state index contributed by atoms with van der Waals surface area (Å²) in [5.41, 5.74) is 6.90. The van der Waals surface area contributed by atoms with E-state index in [0.29, 0.717) is 22.8 Å². The third-order valence-corrected chi connectivity index (χ3v) is 5.82. The van der Waals surface area contributed by atoms with Gasteiger partial charge in [-0.25, -0.2) is 9.59 Å². The van der Waals surface area contributed by atoms with Crippen LogP contribution in [0, 0.1) is 27.7 Å². The van der Waals surface area contributed by atoms with Gasteiger partial charge in [0.25, 0.3) is 0 Å². The maximum absolute atomic E-state index is 12.6. The summed E-state index contributed by atoms with van der Waals surface area (Å²) < 4.78 is 12.1. The highest BCUT2D eigenvalue weighted by atomic mass is 16.5. The largest absolute Gasteiger partial charge is 0.465 e. The van der Waals surface area contributed by atoms with Gasteiger partial charge in [0.1, 0.15) is 0 Å². The highest BCUT2D eigenvalue weighted by Gasteiger charge is 2.28. The number of esters is 2. The van der Waals surface area contributed by atoms with Crippen LogP contribution in [0.2, 0.25) is 0 Å². The minimum atomic E-state index is -0.707. The monoisotopic (exact) mass is 502 g/mol. The molecule has 12 nitrogen and oxygen atoms in total. The Morgan fingerprint density at radius 1 is 0.583 bits per heavy atom. The number of methoxy groups -OCH3 is 2. The van der Waals surface area contributed by atoms with E-state index >= 15 is 0 Å². The molecule has 2 heterocycles. The Labute approximate surface area is 207 Å². The summed E-state index contributed by atoms with van der Waals surface area (Å²) in [7, 11) is 2.38. The van der Waals surface area contributed by atoms with Crippen molar-refractivity contribution in [3.8, 4) is 0 Å². The van der Waals surface area contributed by atoms with Crippen LogP contribution in [0.3, 0.4) is 0 Å². The zero-order valence-corrected chi connectivity index (χ0v) is 21.6. The lowest BCUT2D eigenvalue weighted by atomic mass is 10.1. The molecule has 12 heteroatoms. The van der Waals surface area contributed by atoms with Crippen LogP contribution in [-0.4, -0.2) is 58.9 Å². The predicted octanol–water partition coefficient (Wildman–Crippen LogP) is 2.12. The molecule has 2 aromatic rings. The number of hydrogen-bond donors (Lipinski definition) is 2. The van der Waals surface area contributed by atoms with Gasteiger partial charge in [-0.05, 0) is 41.5 Å². The molecule has 2 N–H and O–H groups in total. The molecule has 0 bridgehead atoms. The van der Waals surface area contributed by atoms with Gasteiger partial charge in [-0.2, -0.15) is 0 Å². The quantitative estimate of drug-likeness (QED) is 0.390. The molecule has 0 unspecified atom stereocenters. The van der Waals surface area contributed by atoms with Crippen molar-refractivity contribution in [2.75, 3.05) is 25.1 Å². The van der Waals surface area contributed by atoms with E-state index in [2.05, 4.69) is 10.9 Å². The van der Waals surface area contributed by atoms with E-state index in [9.17, 15) is 28.8 Å². The number of rotatable bonds is 9. The maximum Gasteiger partial charge on any atom is 0.340 e. The van der Waals surface area contributed by atoms with Gasteiger partial charge in [0.2, 0.25) is 11.8 Å². The number of carbonyl (C=O) groups is 6. The molecule has 0 aliphatic heterocycles. The Bertz CT molecular complexity index is 1180. The van der Waals surface area contributed by atoms with Crippen LogP contribution in [0.4, 0.5) is 0 Å². The molecule has 0 fully saturated rings. The van der Waals surface area contributed by atoms with Gasteiger partial charge in [-0.15, -0.1) is 0 Å². The second-order valence-corrected chi connectivity index (χ2v) is 8.18. The van der Waals surface area contributed by atoms with E-state index in [1.54, 1.807) is 27.7 Å². The zero-order valence-electron chi connectivity index (χ0n) is 21.6. The molecule has 0 saturated carbocycles. The summed E-state index contributed by atoms with van der Waals surface area (Å²) in [6.45, 7) is 8.88. The molecule has 0 atom stereocenters. The number of aromatic nitrogens is 2. The minimum absolute atomic E-state index is 0.0572. The summed E-state index contributed by atoms with van der Waals surface area (Å²) in [6.07, 6.45) is -0.455. The highest BCUT2D eigenvalue weighted by molar-refractivity contribution is 6.08. The normalized spacial score (nSPS) is 10.6. The molecular formula is C24H30N4O8. The van der Waals surface area contributed by atoms with Crippen molar-refractivity contribution in [2.24, 2.45) is 0 Å². The van der Waals surface area contributed by atoms with Gasteiger partial charge >= 0.3 is 11.9 Å². The Morgan fingerprint density at radius 3 is 1.11 bits per heavy atom. The number of amides is 2. The van der Waals surface area contributed by atoms with E-state index in [4.69, 9.17) is 9.47 Å². The number of Topliss-reactive ketones (excluding diaryl/α,β-unsaturated/α-hetero) is 2. The van der Waals surface area contributed by atoms with Crippen LogP contribution in [0.15, 0.2) is 0 Å². The Balaban J connectivity index is 2.20. The Morgan fingerprint density at radius 2 is 0.861 bits per heavy atom. The third-order valence-electron chi connectivity index (χ3n) is 5.82. The number of ketones is 2. The van der Waals surface area contributed by atoms with Gasteiger partial charge < -0.3 is 9.47 Å². The van der Waals surface area contributed by atoms with Crippen molar-refractivity contribution in [2.45, 2.75) is 54.4 Å². The standard InChI is InChI=1S/C24H30N4O8/c1-11-19(15(5)29)21(23(33)35-7)13(3)27(11)25-17(31)9-10-18(32)26-28-12(2)20(16(6)30)22(14(28)4)24(34)36-8/h9-10H2,1-8H3,(H,25,31)(H,26,32). The Hall–Kier alpha value is -4.22. The van der Waals surface area contributed by atoms with Crippen molar-refractivity contribution >= 4 is 35.3 Å². The predicted molar refractivity (Wildman–Crippen MR) is 128 cm³/mol. The van der Waals surface area contributed by atoms with E-state index < -0.39 is 23.8 Å². The average Bonchev–Trinajstić information content (AvgIpc) is 3.21. The molecule has 0 aromatic carbocycles. The first kappa shape index (κ1) is 28.0. The van der Waals surface area contributed by atoms with E-state index in [0.717, 1.165) is 0 Å². The van der Waals surface area contributed by atoms with Crippen molar-refractivity contribution in [3.63, 3.8) is 0 Å². The van der Waals surface area contributed by atoms with Gasteiger partial charge in [0.15, 0.2) is 11.6 Å². The highest BCUT2D eigenvalue weighted by Crippen LogP contribution is 2.24. The van der Waals surface area contributed by atoms with Crippen LogP contribution in [0.1, 0.15) is 90.9 Å². The summed E-state index contributed by atoms with van der Waals surface area (Å²) >= 11 is 0. The number of nitrogens with one attached hydrogen (secondary N) is 2. The Kier molecular flexibility index (Phi) is 8.57. The van der Waals surface area contributed by atoms with Gasteiger partial charge in [-0.3, -0.25) is 39.4 Å². The van der Waals surface area contributed by atoms with Gasteiger partial charge in [0.05, 0.1) is 47.9 Å². The lowest BCUT2D eigenvalue weighted by Crippen LogP contribution is -2.29. The summed E-state index contributed by atoms with van der Waals surface area (Å²) in [6, 6.07) is 0. The summed E-state index contributed by atoms with van der Waals surface area (Å²) in [5, 5.41) is 0. The molecule has 2 aromatic heterocycles. The lowest BCUT2D eigenvalue weighted by molar-refractivity contribution is -0.122. The second-order valence-electron chi connectivity index (χ2n) is 8.18. The SMILES string of the molecule is COC(=O)c1c(C(C)=O)c(C)n(NC(=O)CCC(=O)Nn2c(C)c(C(C)=O)c(C(=O)OC)c2C)c1C. The second kappa shape index (κ2) is 11.0. The van der Waals surface area contributed by atoms with Crippen molar-refractivity contribution in [3.05, 3.63) is 45.0 Å². The van der Waals surface area contributed by atoms with Crippen LogP contribution in [0.5, 0.6) is 0 Å². The van der Waals surface area contributed by atoms with Crippen LogP contribution in [-0.2, 0) is 19.1 Å². The summed E-state index contributed by atoms with van der Waals surface area (Å²) in [5.74, 6) is -3.23. The zero-order chi connectivity index (χ0) is 27.5. The molecule has 0 aliphatic rings. The third kappa shape index (κ3) is 5.21. The minimum Gasteiger partial charge on any atom is -0.465 e. The molecule has 0 saturated heterocycles. The molecule has 2 amide bonds. The topological polar surface area (TPSA) is 155 Å². The van der Waals surface area contributed by atoms with Crippen LogP contribution >= 0.6 is 0 Å². The van der Waals surface area contributed by atoms with Crippen LogP contribution < -0.4 is 10.9 Å². The fraction of sp³-hybridized carbons (Fsp3) is 0.417. The molecular weight excluding hydrogens is 472 g/mol. The molecule has 194 valence electrons. The fourth-order valence-electron chi connectivity index (χ4n) is 4.16. The molecule has 36 heavy (non-hydrogen) atoms. The lowest BCUT2D eigenvalue weighted by Gasteiger charge is -2.13. The van der Waals surface area contributed by atoms with Gasteiger partial charge in [-0.1, -0.05) is 0 Å².